The minimum atomic E-state index is -0.469. The topological polar surface area (TPSA) is 84.2 Å². The number of nitrogens with two attached hydrogens (primary N) is 1. The summed E-state index contributed by atoms with van der Waals surface area (Å²) in [7, 11) is 0. The zero-order chi connectivity index (χ0) is 20.1. The summed E-state index contributed by atoms with van der Waals surface area (Å²) < 4.78 is 13.3. The van der Waals surface area contributed by atoms with E-state index in [1.54, 1.807) is 24.3 Å². The molecular weight excluding hydrogens is 393 g/mol. The second kappa shape index (κ2) is 9.85. The standard InChI is InChI=1S/C22H26FN3O2.ClH/c1-22(24)11-3-2-10-19(22)21(28)25-14-15-6-4-9-18(12-15)26-20(27)16-7-5-8-17(23)13-16;/h4-9,12-13,19H,2-3,10-11,14,24H2,1H3,(H,25,28)(H,26,27);1H. The summed E-state index contributed by atoms with van der Waals surface area (Å²) in [5.41, 5.74) is 7.53. The minimum Gasteiger partial charge on any atom is -0.352 e. The Hall–Kier alpha value is -2.44. The lowest BCUT2D eigenvalue weighted by atomic mass is 9.74. The second-order valence-electron chi connectivity index (χ2n) is 7.69. The van der Waals surface area contributed by atoms with Crippen molar-refractivity contribution in [3.05, 3.63) is 65.5 Å². The van der Waals surface area contributed by atoms with Gasteiger partial charge in [-0.1, -0.05) is 31.0 Å². The fourth-order valence-corrected chi connectivity index (χ4v) is 3.69. The molecule has 0 saturated heterocycles. The van der Waals surface area contributed by atoms with E-state index in [1.165, 1.54) is 18.2 Å². The van der Waals surface area contributed by atoms with Gasteiger partial charge in [0.2, 0.25) is 5.91 Å². The summed E-state index contributed by atoms with van der Waals surface area (Å²) in [6.45, 7) is 2.30. The van der Waals surface area contributed by atoms with E-state index >= 15 is 0 Å². The summed E-state index contributed by atoms with van der Waals surface area (Å²) in [6.07, 6.45) is 3.74. The van der Waals surface area contributed by atoms with Gasteiger partial charge in [-0.05, 0) is 55.7 Å². The molecule has 1 aliphatic carbocycles. The summed E-state index contributed by atoms with van der Waals surface area (Å²) in [6, 6.07) is 12.7. The normalized spacial score (nSPS) is 21.0. The third-order valence-corrected chi connectivity index (χ3v) is 5.31. The molecule has 2 atom stereocenters. The highest BCUT2D eigenvalue weighted by Crippen LogP contribution is 2.31. The molecule has 2 amide bonds. The molecule has 5 nitrogen and oxygen atoms in total. The third-order valence-electron chi connectivity index (χ3n) is 5.31. The predicted octanol–water partition coefficient (Wildman–Crippen LogP) is 4.02. The van der Waals surface area contributed by atoms with Crippen LogP contribution in [0.15, 0.2) is 48.5 Å². The van der Waals surface area contributed by atoms with Crippen molar-refractivity contribution in [1.82, 2.24) is 5.32 Å². The van der Waals surface area contributed by atoms with Gasteiger partial charge in [-0.2, -0.15) is 0 Å². The molecule has 7 heteroatoms. The number of carbonyl (C=O) groups is 2. The van der Waals surface area contributed by atoms with Gasteiger partial charge in [-0.25, -0.2) is 4.39 Å². The SMILES string of the molecule is CC1(N)CCCCC1C(=O)NCc1cccc(NC(=O)c2cccc(F)c2)c1.Cl. The van der Waals surface area contributed by atoms with E-state index in [-0.39, 0.29) is 35.7 Å². The number of rotatable bonds is 5. The third kappa shape index (κ3) is 6.02. The first-order valence-electron chi connectivity index (χ1n) is 9.57. The average molecular weight is 420 g/mol. The molecule has 0 bridgehead atoms. The Morgan fingerprint density at radius 2 is 1.93 bits per heavy atom. The lowest BCUT2D eigenvalue weighted by Gasteiger charge is -2.37. The number of hydrogen-bond donors (Lipinski definition) is 3. The van der Waals surface area contributed by atoms with E-state index in [9.17, 15) is 14.0 Å². The summed E-state index contributed by atoms with van der Waals surface area (Å²) >= 11 is 0. The van der Waals surface area contributed by atoms with Crippen LogP contribution in [0.1, 0.15) is 48.5 Å². The fourth-order valence-electron chi connectivity index (χ4n) is 3.69. The van der Waals surface area contributed by atoms with Crippen molar-refractivity contribution in [1.29, 1.82) is 0 Å². The van der Waals surface area contributed by atoms with Crippen LogP contribution in [-0.4, -0.2) is 17.4 Å². The monoisotopic (exact) mass is 419 g/mol. The molecule has 0 aliphatic heterocycles. The van der Waals surface area contributed by atoms with Crippen LogP contribution < -0.4 is 16.4 Å². The Morgan fingerprint density at radius 3 is 2.66 bits per heavy atom. The van der Waals surface area contributed by atoms with Gasteiger partial charge in [-0.15, -0.1) is 12.4 Å². The van der Waals surface area contributed by atoms with Crippen molar-refractivity contribution in [3.8, 4) is 0 Å². The molecule has 0 radical (unpaired) electrons. The Kier molecular flexibility index (Phi) is 7.76. The van der Waals surface area contributed by atoms with E-state index in [4.69, 9.17) is 5.73 Å². The lowest BCUT2D eigenvalue weighted by Crippen LogP contribution is -2.52. The quantitative estimate of drug-likeness (QED) is 0.684. The minimum absolute atomic E-state index is 0. The van der Waals surface area contributed by atoms with E-state index in [1.807, 2.05) is 13.0 Å². The Morgan fingerprint density at radius 1 is 1.17 bits per heavy atom. The number of carbonyl (C=O) groups excluding carboxylic acids is 2. The lowest BCUT2D eigenvalue weighted by molar-refractivity contribution is -0.128. The van der Waals surface area contributed by atoms with Gasteiger partial charge >= 0.3 is 0 Å². The molecule has 3 rings (SSSR count). The fraction of sp³-hybridized carbons (Fsp3) is 0.364. The van der Waals surface area contributed by atoms with Crippen LogP contribution in [0, 0.1) is 11.7 Å². The van der Waals surface area contributed by atoms with Crippen LogP contribution >= 0.6 is 12.4 Å². The summed E-state index contributed by atoms with van der Waals surface area (Å²) in [4.78, 5) is 24.8. The second-order valence-corrected chi connectivity index (χ2v) is 7.69. The summed E-state index contributed by atoms with van der Waals surface area (Å²) in [5, 5.41) is 5.71. The first-order valence-corrected chi connectivity index (χ1v) is 9.57. The van der Waals surface area contributed by atoms with Gasteiger partial charge in [0.1, 0.15) is 5.82 Å². The molecule has 0 spiro atoms. The van der Waals surface area contributed by atoms with Gasteiger partial charge < -0.3 is 16.4 Å². The zero-order valence-electron chi connectivity index (χ0n) is 16.4. The van der Waals surface area contributed by atoms with Crippen LogP contribution in [-0.2, 0) is 11.3 Å². The highest BCUT2D eigenvalue weighted by Gasteiger charge is 2.37. The molecule has 2 aromatic rings. The van der Waals surface area contributed by atoms with Gasteiger partial charge in [-0.3, -0.25) is 9.59 Å². The molecule has 1 aliphatic rings. The highest BCUT2D eigenvalue weighted by atomic mass is 35.5. The average Bonchev–Trinajstić information content (AvgIpc) is 2.66. The van der Waals surface area contributed by atoms with Crippen LogP contribution in [0.5, 0.6) is 0 Å². The van der Waals surface area contributed by atoms with Gasteiger partial charge in [0.15, 0.2) is 0 Å². The summed E-state index contributed by atoms with van der Waals surface area (Å²) in [5.74, 6) is -1.06. The van der Waals surface area contributed by atoms with Crippen LogP contribution in [0.3, 0.4) is 0 Å². The maximum absolute atomic E-state index is 13.3. The first kappa shape index (κ1) is 22.8. The molecular formula is C22H27ClFN3O2. The number of anilines is 1. The predicted molar refractivity (Wildman–Crippen MR) is 114 cm³/mol. The maximum Gasteiger partial charge on any atom is 0.255 e. The van der Waals surface area contributed by atoms with Crippen molar-refractivity contribution < 1.29 is 14.0 Å². The van der Waals surface area contributed by atoms with Gasteiger partial charge in [0.05, 0.1) is 5.92 Å². The van der Waals surface area contributed by atoms with Crippen molar-refractivity contribution in [2.45, 2.75) is 44.7 Å². The number of halogens is 2. The van der Waals surface area contributed by atoms with Crippen LogP contribution in [0.4, 0.5) is 10.1 Å². The molecule has 2 unspecified atom stereocenters. The zero-order valence-corrected chi connectivity index (χ0v) is 17.2. The Balaban J connectivity index is 0.00000300. The number of amides is 2. The molecule has 1 saturated carbocycles. The molecule has 156 valence electrons. The Bertz CT molecular complexity index is 873. The van der Waals surface area contributed by atoms with Crippen molar-refractivity contribution in [2.75, 3.05) is 5.32 Å². The Labute approximate surface area is 176 Å². The smallest absolute Gasteiger partial charge is 0.255 e. The molecule has 0 heterocycles. The van der Waals surface area contributed by atoms with E-state index in [2.05, 4.69) is 10.6 Å². The van der Waals surface area contributed by atoms with Crippen LogP contribution in [0.2, 0.25) is 0 Å². The van der Waals surface area contributed by atoms with Crippen molar-refractivity contribution in [3.63, 3.8) is 0 Å². The molecule has 0 aromatic heterocycles. The molecule has 29 heavy (non-hydrogen) atoms. The van der Waals surface area contributed by atoms with Crippen molar-refractivity contribution >= 4 is 29.9 Å². The molecule has 1 fully saturated rings. The van der Waals surface area contributed by atoms with Gasteiger partial charge in [0, 0.05) is 23.3 Å². The van der Waals surface area contributed by atoms with Gasteiger partial charge in [0.25, 0.3) is 5.91 Å². The van der Waals surface area contributed by atoms with E-state index < -0.39 is 11.4 Å². The van der Waals surface area contributed by atoms with E-state index in [0.29, 0.717) is 12.2 Å². The van der Waals surface area contributed by atoms with E-state index in [0.717, 1.165) is 31.2 Å². The highest BCUT2D eigenvalue weighted by molar-refractivity contribution is 6.04. The first-order chi connectivity index (χ1) is 13.3. The number of nitrogens with one attached hydrogen (secondary N) is 2. The molecule has 2 aromatic carbocycles. The number of hydrogen-bond acceptors (Lipinski definition) is 3. The maximum atomic E-state index is 13.3. The van der Waals surface area contributed by atoms with Crippen molar-refractivity contribution in [2.24, 2.45) is 11.7 Å². The number of benzene rings is 2. The largest absolute Gasteiger partial charge is 0.352 e. The molecule has 4 N–H and O–H groups in total. The van der Waals surface area contributed by atoms with Crippen LogP contribution in [0.25, 0.3) is 0 Å².